The van der Waals surface area contributed by atoms with Crippen molar-refractivity contribution in [2.45, 2.75) is 33.2 Å². The Kier molecular flexibility index (Phi) is 8.98. The maximum absolute atomic E-state index is 11.6. The topological polar surface area (TPSA) is 53.9 Å². The normalized spacial score (nSPS) is 14.3. The number of carbonyl (C=O) groups excluding carboxylic acids is 1. The number of guanidine groups is 1. The van der Waals surface area contributed by atoms with E-state index < -0.39 is 0 Å². The minimum atomic E-state index is -0.275. The highest BCUT2D eigenvalue weighted by atomic mass is 127. The maximum atomic E-state index is 11.6. The molecule has 1 aliphatic heterocycles. The fourth-order valence-electron chi connectivity index (χ4n) is 2.48. The van der Waals surface area contributed by atoms with Gasteiger partial charge in [-0.05, 0) is 44.4 Å². The first-order valence-corrected chi connectivity index (χ1v) is 8.04. The second-order valence-electron chi connectivity index (χ2n) is 5.28. The first-order chi connectivity index (χ1) is 10.7. The van der Waals surface area contributed by atoms with Gasteiger partial charge >= 0.3 is 5.97 Å². The van der Waals surface area contributed by atoms with Crippen LogP contribution in [0.3, 0.4) is 0 Å². The molecular formula is C17H26IN3O2. The Morgan fingerprint density at radius 1 is 1.22 bits per heavy atom. The Morgan fingerprint density at radius 3 is 2.43 bits per heavy atom. The summed E-state index contributed by atoms with van der Waals surface area (Å²) in [6.07, 6.45) is 2.47. The van der Waals surface area contributed by atoms with Gasteiger partial charge < -0.3 is 15.0 Å². The lowest BCUT2D eigenvalue weighted by Crippen LogP contribution is -2.39. The molecule has 1 saturated heterocycles. The zero-order valence-corrected chi connectivity index (χ0v) is 16.2. The summed E-state index contributed by atoms with van der Waals surface area (Å²) in [7, 11) is 0. The van der Waals surface area contributed by atoms with Gasteiger partial charge in [0.25, 0.3) is 0 Å². The standard InChI is InChI=1S/C17H25N3O2.HI/c1-3-18-17(20-11-5-6-12-20)19-13-14-7-9-15(10-8-14)16(21)22-4-2;/h7-10H,3-6,11-13H2,1-2H3,(H,18,19);1H. The van der Waals surface area contributed by atoms with Gasteiger partial charge in [0.1, 0.15) is 0 Å². The summed E-state index contributed by atoms with van der Waals surface area (Å²) in [5.74, 6) is 0.706. The van der Waals surface area contributed by atoms with Crippen LogP contribution < -0.4 is 5.32 Å². The van der Waals surface area contributed by atoms with E-state index in [1.165, 1.54) is 12.8 Å². The van der Waals surface area contributed by atoms with Crippen LogP contribution in [-0.2, 0) is 11.3 Å². The molecule has 1 aliphatic rings. The van der Waals surface area contributed by atoms with Gasteiger partial charge in [-0.3, -0.25) is 0 Å². The number of ether oxygens (including phenoxy) is 1. The smallest absolute Gasteiger partial charge is 0.338 e. The van der Waals surface area contributed by atoms with E-state index in [2.05, 4.69) is 17.1 Å². The minimum absolute atomic E-state index is 0. The number of esters is 1. The molecule has 0 saturated carbocycles. The van der Waals surface area contributed by atoms with Crippen molar-refractivity contribution in [2.24, 2.45) is 4.99 Å². The average Bonchev–Trinajstić information content (AvgIpc) is 3.06. The lowest BCUT2D eigenvalue weighted by atomic mass is 10.1. The number of hydrogen-bond donors (Lipinski definition) is 1. The number of halogens is 1. The van der Waals surface area contributed by atoms with Crippen molar-refractivity contribution in [3.05, 3.63) is 35.4 Å². The van der Waals surface area contributed by atoms with E-state index in [9.17, 15) is 4.79 Å². The molecule has 0 radical (unpaired) electrons. The number of benzene rings is 1. The molecule has 1 heterocycles. The molecule has 128 valence electrons. The molecule has 2 rings (SSSR count). The van der Waals surface area contributed by atoms with Crippen molar-refractivity contribution < 1.29 is 9.53 Å². The Hall–Kier alpha value is -1.31. The number of carbonyl (C=O) groups is 1. The van der Waals surface area contributed by atoms with Gasteiger partial charge in [0, 0.05) is 19.6 Å². The van der Waals surface area contributed by atoms with Crippen LogP contribution in [0.25, 0.3) is 0 Å². The SMILES string of the molecule is CCNC(=NCc1ccc(C(=O)OCC)cc1)N1CCCC1.I. The van der Waals surface area contributed by atoms with Crippen molar-refractivity contribution in [3.63, 3.8) is 0 Å². The number of aliphatic imine (C=N–C) groups is 1. The van der Waals surface area contributed by atoms with Gasteiger partial charge in [0.2, 0.25) is 0 Å². The highest BCUT2D eigenvalue weighted by Crippen LogP contribution is 2.10. The van der Waals surface area contributed by atoms with Crippen molar-refractivity contribution in [1.29, 1.82) is 0 Å². The fourth-order valence-corrected chi connectivity index (χ4v) is 2.48. The quantitative estimate of drug-likeness (QED) is 0.337. The lowest BCUT2D eigenvalue weighted by Gasteiger charge is -2.20. The second-order valence-corrected chi connectivity index (χ2v) is 5.28. The minimum Gasteiger partial charge on any atom is -0.462 e. The van der Waals surface area contributed by atoms with Gasteiger partial charge in [-0.15, -0.1) is 24.0 Å². The van der Waals surface area contributed by atoms with Gasteiger partial charge in [-0.25, -0.2) is 9.79 Å². The fraction of sp³-hybridized carbons (Fsp3) is 0.529. The largest absolute Gasteiger partial charge is 0.462 e. The molecule has 0 aromatic heterocycles. The lowest BCUT2D eigenvalue weighted by molar-refractivity contribution is 0.0526. The Morgan fingerprint density at radius 2 is 1.87 bits per heavy atom. The van der Waals surface area contributed by atoms with E-state index in [4.69, 9.17) is 9.73 Å². The number of likely N-dealkylation sites (tertiary alicyclic amines) is 1. The van der Waals surface area contributed by atoms with Crippen LogP contribution in [0, 0.1) is 0 Å². The van der Waals surface area contributed by atoms with Gasteiger partial charge in [0.05, 0.1) is 18.7 Å². The number of rotatable bonds is 5. The van der Waals surface area contributed by atoms with Gasteiger partial charge in [0.15, 0.2) is 5.96 Å². The van der Waals surface area contributed by atoms with Crippen molar-refractivity contribution in [3.8, 4) is 0 Å². The summed E-state index contributed by atoms with van der Waals surface area (Å²) in [6.45, 7) is 7.93. The summed E-state index contributed by atoms with van der Waals surface area (Å²) in [6, 6.07) is 7.46. The van der Waals surface area contributed by atoms with Crippen LogP contribution in [0.5, 0.6) is 0 Å². The molecule has 23 heavy (non-hydrogen) atoms. The van der Waals surface area contributed by atoms with E-state index in [0.29, 0.717) is 18.7 Å². The highest BCUT2D eigenvalue weighted by Gasteiger charge is 2.15. The monoisotopic (exact) mass is 431 g/mol. The van der Waals surface area contributed by atoms with E-state index in [1.807, 2.05) is 19.1 Å². The van der Waals surface area contributed by atoms with Crippen LogP contribution in [0.1, 0.15) is 42.6 Å². The van der Waals surface area contributed by atoms with Crippen molar-refractivity contribution in [2.75, 3.05) is 26.2 Å². The summed E-state index contributed by atoms with van der Waals surface area (Å²) in [5.41, 5.74) is 1.67. The van der Waals surface area contributed by atoms with Crippen LogP contribution in [0.2, 0.25) is 0 Å². The summed E-state index contributed by atoms with van der Waals surface area (Å²) < 4.78 is 4.98. The molecule has 0 aliphatic carbocycles. The van der Waals surface area contributed by atoms with Crippen molar-refractivity contribution in [1.82, 2.24) is 10.2 Å². The number of nitrogens with one attached hydrogen (secondary N) is 1. The third kappa shape index (κ3) is 6.01. The maximum Gasteiger partial charge on any atom is 0.338 e. The summed E-state index contributed by atoms with van der Waals surface area (Å²) >= 11 is 0. The zero-order valence-electron chi connectivity index (χ0n) is 13.9. The van der Waals surface area contributed by atoms with E-state index in [0.717, 1.165) is 31.2 Å². The third-order valence-electron chi connectivity index (χ3n) is 3.62. The van der Waals surface area contributed by atoms with Crippen LogP contribution in [0.15, 0.2) is 29.3 Å². The molecule has 0 bridgehead atoms. The first kappa shape index (κ1) is 19.7. The Bertz CT molecular complexity index is 511. The molecular weight excluding hydrogens is 405 g/mol. The van der Waals surface area contributed by atoms with Crippen LogP contribution in [-0.4, -0.2) is 43.1 Å². The number of hydrogen-bond acceptors (Lipinski definition) is 3. The Balaban J connectivity index is 0.00000264. The van der Waals surface area contributed by atoms with Gasteiger partial charge in [-0.1, -0.05) is 12.1 Å². The summed E-state index contributed by atoms with van der Waals surface area (Å²) in [5, 5.41) is 3.34. The molecule has 0 unspecified atom stereocenters. The molecule has 1 N–H and O–H groups in total. The molecule has 6 heteroatoms. The molecule has 1 aromatic carbocycles. The predicted octanol–water partition coefficient (Wildman–Crippen LogP) is 3.04. The highest BCUT2D eigenvalue weighted by molar-refractivity contribution is 14.0. The zero-order chi connectivity index (χ0) is 15.8. The molecule has 0 atom stereocenters. The Labute approximate surface area is 155 Å². The number of nitrogens with zero attached hydrogens (tertiary/aromatic N) is 2. The van der Waals surface area contributed by atoms with E-state index >= 15 is 0 Å². The van der Waals surface area contributed by atoms with Gasteiger partial charge in [-0.2, -0.15) is 0 Å². The molecule has 1 fully saturated rings. The average molecular weight is 431 g/mol. The second kappa shape index (κ2) is 10.5. The third-order valence-corrected chi connectivity index (χ3v) is 3.62. The van der Waals surface area contributed by atoms with E-state index in [1.54, 1.807) is 12.1 Å². The molecule has 1 aromatic rings. The van der Waals surface area contributed by atoms with Crippen molar-refractivity contribution >= 4 is 35.9 Å². The predicted molar refractivity (Wildman–Crippen MR) is 103 cm³/mol. The van der Waals surface area contributed by atoms with E-state index in [-0.39, 0.29) is 29.9 Å². The summed E-state index contributed by atoms with van der Waals surface area (Å²) in [4.78, 5) is 18.6. The first-order valence-electron chi connectivity index (χ1n) is 8.04. The molecule has 0 spiro atoms. The van der Waals surface area contributed by atoms with Crippen LogP contribution >= 0.6 is 24.0 Å². The van der Waals surface area contributed by atoms with Crippen LogP contribution in [0.4, 0.5) is 0 Å². The molecule has 5 nitrogen and oxygen atoms in total. The molecule has 0 amide bonds.